The summed E-state index contributed by atoms with van der Waals surface area (Å²) < 4.78 is 11.1. The van der Waals surface area contributed by atoms with E-state index in [2.05, 4.69) is 5.32 Å². The normalized spacial score (nSPS) is 25.6. The summed E-state index contributed by atoms with van der Waals surface area (Å²) in [6.45, 7) is 6.26. The lowest BCUT2D eigenvalue weighted by Gasteiger charge is -2.40. The second-order valence-corrected chi connectivity index (χ2v) is 6.87. The number of rotatable bonds is 6. The standard InChI is InChI=1S/C13H24N2O3S/c1-5-10-12(16)14-11(9(2)3)13(17)15(10)7-6-8-19(4)18/h9-11H,5-8H2,1-4H3,(H,14,16). The summed E-state index contributed by atoms with van der Waals surface area (Å²) in [5.41, 5.74) is 0. The first-order valence-electron chi connectivity index (χ1n) is 6.79. The second-order valence-electron chi connectivity index (χ2n) is 5.32. The van der Waals surface area contributed by atoms with Gasteiger partial charge in [-0.1, -0.05) is 20.8 Å². The van der Waals surface area contributed by atoms with Crippen molar-refractivity contribution in [3.63, 3.8) is 0 Å². The number of carbonyl (C=O) groups is 2. The molecule has 1 aliphatic rings. The lowest BCUT2D eigenvalue weighted by molar-refractivity contribution is -0.150. The van der Waals surface area contributed by atoms with Gasteiger partial charge >= 0.3 is 0 Å². The molecule has 1 fully saturated rings. The van der Waals surface area contributed by atoms with Gasteiger partial charge in [0.1, 0.15) is 12.1 Å². The van der Waals surface area contributed by atoms with Crippen LogP contribution in [0.4, 0.5) is 0 Å². The average Bonchev–Trinajstić information content (AvgIpc) is 2.32. The molecule has 6 heteroatoms. The summed E-state index contributed by atoms with van der Waals surface area (Å²) in [6, 6.07) is -0.810. The third-order valence-corrected chi connectivity index (χ3v) is 4.27. The maximum atomic E-state index is 12.4. The Morgan fingerprint density at radius 1 is 1.37 bits per heavy atom. The van der Waals surface area contributed by atoms with Crippen molar-refractivity contribution < 1.29 is 13.8 Å². The van der Waals surface area contributed by atoms with Crippen LogP contribution in [0.15, 0.2) is 0 Å². The zero-order valence-corrected chi connectivity index (χ0v) is 13.0. The number of amides is 2. The van der Waals surface area contributed by atoms with E-state index >= 15 is 0 Å². The molecule has 5 nitrogen and oxygen atoms in total. The lowest BCUT2D eigenvalue weighted by Crippen LogP contribution is -2.64. The first-order chi connectivity index (χ1) is 8.88. The number of hydrogen-bond donors (Lipinski definition) is 1. The molecule has 3 atom stereocenters. The molecule has 1 aliphatic heterocycles. The van der Waals surface area contributed by atoms with Gasteiger partial charge in [-0.2, -0.15) is 0 Å². The monoisotopic (exact) mass is 288 g/mol. The molecule has 19 heavy (non-hydrogen) atoms. The molecule has 0 aromatic carbocycles. The summed E-state index contributed by atoms with van der Waals surface area (Å²) >= 11 is 0. The minimum absolute atomic E-state index is 0.0108. The van der Waals surface area contributed by atoms with Crippen molar-refractivity contribution in [2.45, 2.75) is 45.7 Å². The number of carbonyl (C=O) groups excluding carboxylic acids is 2. The van der Waals surface area contributed by atoms with Crippen molar-refractivity contribution in [3.05, 3.63) is 0 Å². The van der Waals surface area contributed by atoms with E-state index in [1.807, 2.05) is 20.8 Å². The minimum Gasteiger partial charge on any atom is -0.342 e. The molecule has 0 bridgehead atoms. The highest BCUT2D eigenvalue weighted by Gasteiger charge is 2.40. The van der Waals surface area contributed by atoms with Gasteiger partial charge in [0.25, 0.3) is 0 Å². The van der Waals surface area contributed by atoms with Gasteiger partial charge in [0.15, 0.2) is 0 Å². The van der Waals surface area contributed by atoms with Gasteiger partial charge in [0, 0.05) is 29.4 Å². The summed E-state index contributed by atoms with van der Waals surface area (Å²) in [6.07, 6.45) is 2.93. The van der Waals surface area contributed by atoms with Crippen LogP contribution in [0.25, 0.3) is 0 Å². The SMILES string of the molecule is CCC1C(=O)NC(C(C)C)C(=O)N1CCCS(C)=O. The van der Waals surface area contributed by atoms with Crippen molar-refractivity contribution >= 4 is 22.6 Å². The predicted molar refractivity (Wildman–Crippen MR) is 76.1 cm³/mol. The molecule has 0 aromatic rings. The Kier molecular flexibility index (Phi) is 5.97. The fourth-order valence-electron chi connectivity index (χ4n) is 2.35. The van der Waals surface area contributed by atoms with Crippen LogP contribution in [-0.4, -0.2) is 51.6 Å². The molecule has 0 spiro atoms. The topological polar surface area (TPSA) is 66.5 Å². The van der Waals surface area contributed by atoms with Gasteiger partial charge in [0.05, 0.1) is 0 Å². The highest BCUT2D eigenvalue weighted by molar-refractivity contribution is 7.84. The van der Waals surface area contributed by atoms with E-state index in [1.54, 1.807) is 11.2 Å². The molecule has 1 N–H and O–H groups in total. The Bertz CT molecular complexity index is 371. The Morgan fingerprint density at radius 2 is 2.00 bits per heavy atom. The quantitative estimate of drug-likeness (QED) is 0.775. The molecule has 0 saturated carbocycles. The van der Waals surface area contributed by atoms with Crippen LogP contribution in [-0.2, 0) is 20.4 Å². The highest BCUT2D eigenvalue weighted by atomic mass is 32.2. The van der Waals surface area contributed by atoms with Crippen molar-refractivity contribution in [3.8, 4) is 0 Å². The number of nitrogens with zero attached hydrogens (tertiary/aromatic N) is 1. The summed E-state index contributed by atoms with van der Waals surface area (Å²) in [7, 11) is -0.859. The van der Waals surface area contributed by atoms with Crippen LogP contribution >= 0.6 is 0 Å². The second kappa shape index (κ2) is 7.03. The average molecular weight is 288 g/mol. The summed E-state index contributed by atoms with van der Waals surface area (Å²) in [5, 5.41) is 2.81. The van der Waals surface area contributed by atoms with Crippen molar-refractivity contribution in [1.82, 2.24) is 10.2 Å². The van der Waals surface area contributed by atoms with Gasteiger partial charge < -0.3 is 10.2 Å². The van der Waals surface area contributed by atoms with E-state index in [4.69, 9.17) is 0 Å². The molecule has 0 radical (unpaired) electrons. The van der Waals surface area contributed by atoms with Crippen LogP contribution in [0.1, 0.15) is 33.6 Å². The van der Waals surface area contributed by atoms with Crippen LogP contribution in [0, 0.1) is 5.92 Å². The zero-order chi connectivity index (χ0) is 14.6. The third kappa shape index (κ3) is 4.03. The maximum absolute atomic E-state index is 12.4. The molecular formula is C13H24N2O3S. The molecule has 1 rings (SSSR count). The summed E-state index contributed by atoms with van der Waals surface area (Å²) in [5.74, 6) is 0.563. The van der Waals surface area contributed by atoms with Gasteiger partial charge in [-0.15, -0.1) is 0 Å². The van der Waals surface area contributed by atoms with Crippen LogP contribution in [0.2, 0.25) is 0 Å². The van der Waals surface area contributed by atoms with Crippen molar-refractivity contribution in [2.75, 3.05) is 18.6 Å². The highest BCUT2D eigenvalue weighted by Crippen LogP contribution is 2.17. The fourth-order valence-corrected chi connectivity index (χ4v) is 2.88. The fraction of sp³-hybridized carbons (Fsp3) is 0.846. The van der Waals surface area contributed by atoms with Gasteiger partial charge in [0.2, 0.25) is 11.8 Å². The van der Waals surface area contributed by atoms with E-state index < -0.39 is 16.8 Å². The molecule has 2 amide bonds. The van der Waals surface area contributed by atoms with E-state index in [1.165, 1.54) is 0 Å². The minimum atomic E-state index is -0.859. The maximum Gasteiger partial charge on any atom is 0.246 e. The van der Waals surface area contributed by atoms with E-state index in [0.717, 1.165) is 0 Å². The third-order valence-electron chi connectivity index (χ3n) is 3.41. The Hall–Kier alpha value is -0.910. The van der Waals surface area contributed by atoms with Crippen LogP contribution < -0.4 is 5.32 Å². The molecule has 110 valence electrons. The largest absolute Gasteiger partial charge is 0.342 e. The Morgan fingerprint density at radius 3 is 2.47 bits per heavy atom. The zero-order valence-electron chi connectivity index (χ0n) is 12.1. The molecule has 1 saturated heterocycles. The van der Waals surface area contributed by atoms with E-state index in [9.17, 15) is 13.8 Å². The Labute approximate surface area is 117 Å². The molecular weight excluding hydrogens is 264 g/mol. The van der Waals surface area contributed by atoms with Crippen LogP contribution in [0.5, 0.6) is 0 Å². The van der Waals surface area contributed by atoms with Gasteiger partial charge in [-0.25, -0.2) is 0 Å². The van der Waals surface area contributed by atoms with Crippen molar-refractivity contribution in [2.24, 2.45) is 5.92 Å². The lowest BCUT2D eigenvalue weighted by atomic mass is 9.97. The van der Waals surface area contributed by atoms with Crippen molar-refractivity contribution in [1.29, 1.82) is 0 Å². The smallest absolute Gasteiger partial charge is 0.246 e. The predicted octanol–water partition coefficient (Wildman–Crippen LogP) is 0.517. The Balaban J connectivity index is 2.77. The molecule has 3 unspecified atom stereocenters. The number of hydrogen-bond acceptors (Lipinski definition) is 3. The van der Waals surface area contributed by atoms with Crippen LogP contribution in [0.3, 0.4) is 0 Å². The first-order valence-corrected chi connectivity index (χ1v) is 8.52. The number of nitrogens with one attached hydrogen (secondary N) is 1. The van der Waals surface area contributed by atoms with E-state index in [-0.39, 0.29) is 23.8 Å². The van der Waals surface area contributed by atoms with Gasteiger partial charge in [-0.3, -0.25) is 13.8 Å². The molecule has 0 aromatic heterocycles. The van der Waals surface area contributed by atoms with E-state index in [0.29, 0.717) is 25.1 Å². The molecule has 1 heterocycles. The molecule has 0 aliphatic carbocycles. The van der Waals surface area contributed by atoms with Gasteiger partial charge in [-0.05, 0) is 18.8 Å². The number of piperazine rings is 1. The first kappa shape index (κ1) is 16.1. The summed E-state index contributed by atoms with van der Waals surface area (Å²) in [4.78, 5) is 26.1.